The number of thioether (sulfide) groups is 2. The zero-order valence-electron chi connectivity index (χ0n) is 10.9. The molecule has 1 rings (SSSR count). The van der Waals surface area contributed by atoms with Crippen molar-refractivity contribution in [3.63, 3.8) is 0 Å². The number of hydrogen-bond acceptors (Lipinski definition) is 6. The summed E-state index contributed by atoms with van der Waals surface area (Å²) in [4.78, 5) is 11.6. The van der Waals surface area contributed by atoms with E-state index in [9.17, 15) is 0 Å². The zero-order chi connectivity index (χ0) is 14.1. The molecule has 0 amide bonds. The molecule has 0 fully saturated rings. The maximum atomic E-state index is 8.97. The lowest BCUT2D eigenvalue weighted by atomic mass is 10.4. The second kappa shape index (κ2) is 8.85. The van der Waals surface area contributed by atoms with Crippen LogP contribution >= 0.6 is 23.5 Å². The van der Waals surface area contributed by atoms with Crippen molar-refractivity contribution in [1.29, 1.82) is 5.26 Å². The van der Waals surface area contributed by atoms with Crippen molar-refractivity contribution in [2.24, 2.45) is 4.99 Å². The van der Waals surface area contributed by atoms with E-state index in [-0.39, 0.29) is 6.61 Å². The van der Waals surface area contributed by atoms with E-state index >= 15 is 0 Å². The molecule has 19 heavy (non-hydrogen) atoms. The number of imidazole rings is 1. The number of aliphatic hydroxyl groups is 1. The predicted octanol–water partition coefficient (Wildman–Crippen LogP) is 1.23. The summed E-state index contributed by atoms with van der Waals surface area (Å²) in [7, 11) is 0. The molecule has 0 aliphatic heterocycles. The summed E-state index contributed by atoms with van der Waals surface area (Å²) in [5.41, 5.74) is 1.97. The molecule has 0 bridgehead atoms. The summed E-state index contributed by atoms with van der Waals surface area (Å²) in [5, 5.41) is 20.6. The third-order valence-corrected chi connectivity index (χ3v) is 3.84. The highest BCUT2D eigenvalue weighted by Gasteiger charge is 2.05. The summed E-state index contributed by atoms with van der Waals surface area (Å²) < 4.78 is 0. The number of aliphatic imine (C=N–C) groups is 1. The van der Waals surface area contributed by atoms with Gasteiger partial charge in [0, 0.05) is 17.2 Å². The Labute approximate surface area is 121 Å². The second-order valence-electron chi connectivity index (χ2n) is 3.59. The molecule has 0 radical (unpaired) electrons. The highest BCUT2D eigenvalue weighted by atomic mass is 32.2. The number of H-pyrrole nitrogens is 1. The van der Waals surface area contributed by atoms with Gasteiger partial charge in [0.1, 0.15) is 12.4 Å². The van der Waals surface area contributed by atoms with E-state index in [1.807, 2.05) is 19.4 Å². The topological polar surface area (TPSA) is 97.1 Å². The number of nitriles is 1. The van der Waals surface area contributed by atoms with E-state index in [4.69, 9.17) is 10.4 Å². The molecule has 0 spiro atoms. The van der Waals surface area contributed by atoms with Gasteiger partial charge in [-0.2, -0.15) is 17.0 Å². The molecule has 1 heterocycles. The van der Waals surface area contributed by atoms with Crippen molar-refractivity contribution in [1.82, 2.24) is 15.3 Å². The van der Waals surface area contributed by atoms with Gasteiger partial charge in [0.2, 0.25) is 0 Å². The minimum Gasteiger partial charge on any atom is -0.388 e. The normalized spacial score (nSPS) is 11.4. The standard InChI is InChI=1S/C11H17N5OS2/c1-8-9(16-10(5-17)15-8)6-19-4-3-13-11(18-2)14-7-12/h17H,3-6H2,1-2H3,(H,13,14)(H,15,16). The Kier molecular flexibility index (Phi) is 7.40. The molecule has 0 saturated heterocycles. The second-order valence-corrected chi connectivity index (χ2v) is 5.49. The van der Waals surface area contributed by atoms with Gasteiger partial charge >= 0.3 is 0 Å². The number of hydrogen-bond donors (Lipinski definition) is 3. The molecular formula is C11H17N5OS2. The number of amidine groups is 1. The van der Waals surface area contributed by atoms with Crippen LogP contribution in [0.1, 0.15) is 17.2 Å². The van der Waals surface area contributed by atoms with E-state index in [0.29, 0.717) is 17.5 Å². The van der Waals surface area contributed by atoms with E-state index < -0.39 is 0 Å². The third-order valence-electron chi connectivity index (χ3n) is 2.27. The molecule has 0 atom stereocenters. The molecule has 1 aromatic rings. The monoisotopic (exact) mass is 299 g/mol. The Morgan fingerprint density at radius 2 is 2.42 bits per heavy atom. The van der Waals surface area contributed by atoms with Gasteiger partial charge < -0.3 is 10.1 Å². The van der Waals surface area contributed by atoms with Crippen molar-refractivity contribution in [2.75, 3.05) is 18.6 Å². The van der Waals surface area contributed by atoms with Crippen LogP contribution in [0, 0.1) is 18.4 Å². The fourth-order valence-corrected chi connectivity index (χ4v) is 2.57. The maximum absolute atomic E-state index is 8.97. The predicted molar refractivity (Wildman–Crippen MR) is 80.0 cm³/mol. The fourth-order valence-electron chi connectivity index (χ4n) is 1.36. The van der Waals surface area contributed by atoms with Crippen LogP contribution in [0.3, 0.4) is 0 Å². The first kappa shape index (κ1) is 15.9. The van der Waals surface area contributed by atoms with Gasteiger partial charge in [-0.05, 0) is 13.2 Å². The molecular weight excluding hydrogens is 282 g/mol. The van der Waals surface area contributed by atoms with Gasteiger partial charge in [-0.3, -0.25) is 10.3 Å². The number of rotatable bonds is 6. The first-order valence-corrected chi connectivity index (χ1v) is 8.05. The van der Waals surface area contributed by atoms with Crippen molar-refractivity contribution in [3.05, 3.63) is 17.2 Å². The number of aromatic nitrogens is 2. The van der Waals surface area contributed by atoms with Crippen LogP contribution in [-0.2, 0) is 12.4 Å². The summed E-state index contributed by atoms with van der Waals surface area (Å²) in [6.45, 7) is 2.54. The van der Waals surface area contributed by atoms with Gasteiger partial charge in [0.05, 0.1) is 12.2 Å². The number of nitrogens with one attached hydrogen (secondary N) is 2. The molecule has 0 aromatic carbocycles. The van der Waals surface area contributed by atoms with E-state index in [2.05, 4.69) is 20.3 Å². The molecule has 104 valence electrons. The van der Waals surface area contributed by atoms with E-state index in [0.717, 1.165) is 22.9 Å². The quantitative estimate of drug-likeness (QED) is 0.240. The lowest BCUT2D eigenvalue weighted by Gasteiger charge is -2.00. The SMILES string of the molecule is CSC(=NCCSCc1nc(CO)[nH]c1C)NC#N. The van der Waals surface area contributed by atoms with Gasteiger partial charge in [-0.15, -0.1) is 0 Å². The highest BCUT2D eigenvalue weighted by molar-refractivity contribution is 8.13. The molecule has 0 unspecified atom stereocenters. The van der Waals surface area contributed by atoms with Gasteiger partial charge in [-0.25, -0.2) is 4.98 Å². The molecule has 1 aromatic heterocycles. The molecule has 0 aliphatic carbocycles. The number of aryl methyl sites for hydroxylation is 1. The molecule has 0 saturated carbocycles. The average molecular weight is 299 g/mol. The highest BCUT2D eigenvalue weighted by Crippen LogP contribution is 2.14. The molecule has 0 aliphatic rings. The Balaban J connectivity index is 2.31. The smallest absolute Gasteiger partial charge is 0.183 e. The Bertz CT molecular complexity index is 466. The maximum Gasteiger partial charge on any atom is 0.183 e. The number of aliphatic hydroxyl groups excluding tert-OH is 1. The summed E-state index contributed by atoms with van der Waals surface area (Å²) in [6, 6.07) is 0. The van der Waals surface area contributed by atoms with Crippen LogP contribution < -0.4 is 5.32 Å². The molecule has 6 nitrogen and oxygen atoms in total. The fraction of sp³-hybridized carbons (Fsp3) is 0.545. The van der Waals surface area contributed by atoms with Crippen molar-refractivity contribution >= 4 is 28.7 Å². The van der Waals surface area contributed by atoms with E-state index in [1.165, 1.54) is 11.8 Å². The van der Waals surface area contributed by atoms with Crippen LogP contribution in [0.2, 0.25) is 0 Å². The van der Waals surface area contributed by atoms with Crippen LogP contribution in [0.4, 0.5) is 0 Å². The molecule has 3 N–H and O–H groups in total. The Morgan fingerprint density at radius 3 is 3.00 bits per heavy atom. The first-order chi connectivity index (χ1) is 9.21. The van der Waals surface area contributed by atoms with Gasteiger partial charge in [0.25, 0.3) is 0 Å². The Hall–Kier alpha value is -1.17. The van der Waals surface area contributed by atoms with Crippen LogP contribution in [0.15, 0.2) is 4.99 Å². The van der Waals surface area contributed by atoms with Crippen LogP contribution in [0.5, 0.6) is 0 Å². The van der Waals surface area contributed by atoms with Crippen LogP contribution in [-0.4, -0.2) is 38.8 Å². The lowest BCUT2D eigenvalue weighted by Crippen LogP contribution is -2.13. The number of aromatic amines is 1. The third kappa shape index (κ3) is 5.55. The van der Waals surface area contributed by atoms with Crippen molar-refractivity contribution < 1.29 is 5.11 Å². The van der Waals surface area contributed by atoms with Gasteiger partial charge in [0.15, 0.2) is 11.4 Å². The molecule has 8 heteroatoms. The summed E-state index contributed by atoms with van der Waals surface area (Å²) in [6.07, 6.45) is 3.73. The van der Waals surface area contributed by atoms with Crippen molar-refractivity contribution in [2.45, 2.75) is 19.3 Å². The zero-order valence-corrected chi connectivity index (χ0v) is 12.6. The average Bonchev–Trinajstić information content (AvgIpc) is 2.78. The minimum atomic E-state index is -0.0628. The Morgan fingerprint density at radius 1 is 1.63 bits per heavy atom. The number of nitrogens with zero attached hydrogens (tertiary/aromatic N) is 3. The van der Waals surface area contributed by atoms with Gasteiger partial charge in [-0.1, -0.05) is 11.8 Å². The lowest BCUT2D eigenvalue weighted by molar-refractivity contribution is 0.272. The first-order valence-electron chi connectivity index (χ1n) is 5.67. The largest absolute Gasteiger partial charge is 0.388 e. The van der Waals surface area contributed by atoms with Crippen LogP contribution in [0.25, 0.3) is 0 Å². The summed E-state index contributed by atoms with van der Waals surface area (Å²) >= 11 is 3.14. The van der Waals surface area contributed by atoms with E-state index in [1.54, 1.807) is 11.8 Å². The summed E-state index contributed by atoms with van der Waals surface area (Å²) in [5.74, 6) is 2.25. The van der Waals surface area contributed by atoms with Crippen molar-refractivity contribution in [3.8, 4) is 6.19 Å². The minimum absolute atomic E-state index is 0.0628.